The number of carbonyl (C=O) groups is 1. The first-order valence-corrected chi connectivity index (χ1v) is 8.33. The summed E-state index contributed by atoms with van der Waals surface area (Å²) in [6, 6.07) is 12.0. The van der Waals surface area contributed by atoms with Crippen molar-refractivity contribution in [1.29, 1.82) is 0 Å². The van der Waals surface area contributed by atoms with Crippen molar-refractivity contribution in [3.05, 3.63) is 57.4 Å². The zero-order chi connectivity index (χ0) is 15.5. The molecule has 5 heteroatoms. The zero-order valence-corrected chi connectivity index (χ0v) is 14.1. The number of hydrogen-bond donors (Lipinski definition) is 1. The van der Waals surface area contributed by atoms with Gasteiger partial charge < -0.3 is 10.2 Å². The fourth-order valence-corrected chi connectivity index (χ4v) is 3.28. The molecule has 0 unspecified atom stereocenters. The highest BCUT2D eigenvalue weighted by Gasteiger charge is 2.15. The van der Waals surface area contributed by atoms with E-state index >= 15 is 0 Å². The Hall–Kier alpha value is -1.63. The number of amides is 1. The maximum absolute atomic E-state index is 13.8. The summed E-state index contributed by atoms with van der Waals surface area (Å²) >= 11 is 2.12. The average molecular weight is 410 g/mol. The van der Waals surface area contributed by atoms with E-state index in [4.69, 9.17) is 0 Å². The number of rotatable bonds is 3. The van der Waals surface area contributed by atoms with Crippen molar-refractivity contribution in [2.24, 2.45) is 0 Å². The van der Waals surface area contributed by atoms with Gasteiger partial charge in [-0.2, -0.15) is 0 Å². The van der Waals surface area contributed by atoms with Crippen LogP contribution in [0.1, 0.15) is 23.2 Å². The largest absolute Gasteiger partial charge is 0.371 e. The van der Waals surface area contributed by atoms with Crippen LogP contribution in [0.25, 0.3) is 0 Å². The van der Waals surface area contributed by atoms with E-state index in [0.717, 1.165) is 35.2 Å². The van der Waals surface area contributed by atoms with E-state index in [0.29, 0.717) is 11.3 Å². The standard InChI is InChI=1S/C17H16FIN2O/c18-12-9-13(11-14(10-12)21-7-3-4-8-21)20-17(22)15-5-1-2-6-16(15)19/h1-2,5-6,9-11H,3-4,7-8H2,(H,20,22). The Kier molecular flexibility index (Phi) is 4.61. The number of nitrogens with zero attached hydrogens (tertiary/aromatic N) is 1. The number of nitrogens with one attached hydrogen (secondary N) is 1. The first-order chi connectivity index (χ1) is 10.6. The highest BCUT2D eigenvalue weighted by molar-refractivity contribution is 14.1. The number of halogens is 2. The number of benzene rings is 2. The lowest BCUT2D eigenvalue weighted by molar-refractivity contribution is 0.102. The number of anilines is 2. The van der Waals surface area contributed by atoms with E-state index in [9.17, 15) is 9.18 Å². The van der Waals surface area contributed by atoms with E-state index in [-0.39, 0.29) is 11.7 Å². The van der Waals surface area contributed by atoms with Crippen molar-refractivity contribution in [1.82, 2.24) is 0 Å². The summed E-state index contributed by atoms with van der Waals surface area (Å²) in [5, 5.41) is 2.79. The quantitative estimate of drug-likeness (QED) is 0.767. The summed E-state index contributed by atoms with van der Waals surface area (Å²) in [5.41, 5.74) is 1.91. The molecule has 0 bridgehead atoms. The maximum Gasteiger partial charge on any atom is 0.256 e. The average Bonchev–Trinajstić information content (AvgIpc) is 3.01. The van der Waals surface area contributed by atoms with Crippen molar-refractivity contribution in [2.75, 3.05) is 23.3 Å². The van der Waals surface area contributed by atoms with E-state index in [1.807, 2.05) is 24.3 Å². The Morgan fingerprint density at radius 1 is 1.14 bits per heavy atom. The van der Waals surface area contributed by atoms with Crippen molar-refractivity contribution in [2.45, 2.75) is 12.8 Å². The molecule has 0 radical (unpaired) electrons. The molecule has 0 aliphatic carbocycles. The number of carbonyl (C=O) groups excluding carboxylic acids is 1. The van der Waals surface area contributed by atoms with Gasteiger partial charge in [-0.25, -0.2) is 4.39 Å². The lowest BCUT2D eigenvalue weighted by Gasteiger charge is -2.19. The normalized spacial score (nSPS) is 14.2. The lowest BCUT2D eigenvalue weighted by atomic mass is 10.2. The molecule has 22 heavy (non-hydrogen) atoms. The van der Waals surface area contributed by atoms with Gasteiger partial charge in [0.05, 0.1) is 5.56 Å². The summed E-state index contributed by atoms with van der Waals surface area (Å²) in [4.78, 5) is 14.5. The minimum atomic E-state index is -0.331. The van der Waals surface area contributed by atoms with Crippen LogP contribution in [0.4, 0.5) is 15.8 Å². The van der Waals surface area contributed by atoms with Crippen LogP contribution in [-0.4, -0.2) is 19.0 Å². The van der Waals surface area contributed by atoms with Crippen LogP contribution in [0, 0.1) is 9.39 Å². The van der Waals surface area contributed by atoms with Gasteiger partial charge in [0.25, 0.3) is 5.91 Å². The van der Waals surface area contributed by atoms with Crippen molar-refractivity contribution in [3.8, 4) is 0 Å². The van der Waals surface area contributed by atoms with E-state index in [1.54, 1.807) is 6.07 Å². The van der Waals surface area contributed by atoms with Crippen LogP contribution < -0.4 is 10.2 Å². The fraction of sp³-hybridized carbons (Fsp3) is 0.235. The molecule has 3 nitrogen and oxygen atoms in total. The Morgan fingerprint density at radius 2 is 1.86 bits per heavy atom. The minimum absolute atomic E-state index is 0.219. The van der Waals surface area contributed by atoms with Crippen molar-refractivity contribution in [3.63, 3.8) is 0 Å². The molecule has 2 aromatic rings. The van der Waals surface area contributed by atoms with Gasteiger partial charge in [-0.05, 0) is 65.8 Å². The van der Waals surface area contributed by atoms with E-state index in [2.05, 4.69) is 32.8 Å². The minimum Gasteiger partial charge on any atom is -0.371 e. The molecular weight excluding hydrogens is 394 g/mol. The van der Waals surface area contributed by atoms with Gasteiger partial charge in [-0.15, -0.1) is 0 Å². The van der Waals surface area contributed by atoms with E-state index in [1.165, 1.54) is 12.1 Å². The maximum atomic E-state index is 13.8. The summed E-state index contributed by atoms with van der Waals surface area (Å²) in [5.74, 6) is -0.551. The van der Waals surface area contributed by atoms with Crippen LogP contribution >= 0.6 is 22.6 Å². The molecule has 114 valence electrons. The molecule has 1 aliphatic rings. The first-order valence-electron chi connectivity index (χ1n) is 7.25. The third kappa shape index (κ3) is 3.40. The smallest absolute Gasteiger partial charge is 0.256 e. The molecule has 0 spiro atoms. The van der Waals surface area contributed by atoms with Gasteiger partial charge in [0.1, 0.15) is 5.82 Å². The van der Waals surface area contributed by atoms with Gasteiger partial charge >= 0.3 is 0 Å². The molecular formula is C17H16FIN2O. The Bertz CT molecular complexity index is 699. The van der Waals surface area contributed by atoms with Gasteiger partial charge in [-0.3, -0.25) is 4.79 Å². The molecule has 1 N–H and O–H groups in total. The predicted octanol–water partition coefficient (Wildman–Crippen LogP) is 4.28. The SMILES string of the molecule is O=C(Nc1cc(F)cc(N2CCCC2)c1)c1ccccc1I. The molecule has 1 aliphatic heterocycles. The molecule has 3 rings (SSSR count). The topological polar surface area (TPSA) is 32.3 Å². The highest BCUT2D eigenvalue weighted by atomic mass is 127. The Labute approximate surface area is 142 Å². The summed E-state index contributed by atoms with van der Waals surface area (Å²) < 4.78 is 14.7. The highest BCUT2D eigenvalue weighted by Crippen LogP contribution is 2.25. The predicted molar refractivity (Wildman–Crippen MR) is 95.0 cm³/mol. The molecule has 2 aromatic carbocycles. The Balaban J connectivity index is 1.83. The third-order valence-corrected chi connectivity index (χ3v) is 4.67. The number of hydrogen-bond acceptors (Lipinski definition) is 2. The summed E-state index contributed by atoms with van der Waals surface area (Å²) in [6.07, 6.45) is 2.25. The van der Waals surface area contributed by atoms with Crippen LogP contribution in [-0.2, 0) is 0 Å². The first kappa shape index (κ1) is 15.3. The van der Waals surface area contributed by atoms with Crippen LogP contribution in [0.2, 0.25) is 0 Å². The second-order valence-corrected chi connectivity index (χ2v) is 6.49. The second-order valence-electron chi connectivity index (χ2n) is 5.33. The van der Waals surface area contributed by atoms with Crippen molar-refractivity contribution >= 4 is 39.9 Å². The fourth-order valence-electron chi connectivity index (χ4n) is 2.65. The molecule has 0 saturated carbocycles. The van der Waals surface area contributed by atoms with Crippen LogP contribution in [0.3, 0.4) is 0 Å². The Morgan fingerprint density at radius 3 is 2.59 bits per heavy atom. The monoisotopic (exact) mass is 410 g/mol. The van der Waals surface area contributed by atoms with Gasteiger partial charge in [0.2, 0.25) is 0 Å². The zero-order valence-electron chi connectivity index (χ0n) is 12.0. The molecule has 1 fully saturated rings. The summed E-state index contributed by atoms with van der Waals surface area (Å²) in [6.45, 7) is 1.88. The van der Waals surface area contributed by atoms with Crippen LogP contribution in [0.15, 0.2) is 42.5 Å². The molecule has 0 aromatic heterocycles. The van der Waals surface area contributed by atoms with Gasteiger partial charge in [0, 0.05) is 28.0 Å². The van der Waals surface area contributed by atoms with E-state index < -0.39 is 0 Å². The summed E-state index contributed by atoms with van der Waals surface area (Å²) in [7, 11) is 0. The lowest BCUT2D eigenvalue weighted by Crippen LogP contribution is -2.19. The second kappa shape index (κ2) is 6.64. The van der Waals surface area contributed by atoms with Gasteiger partial charge in [-0.1, -0.05) is 12.1 Å². The van der Waals surface area contributed by atoms with Crippen molar-refractivity contribution < 1.29 is 9.18 Å². The molecule has 0 atom stereocenters. The van der Waals surface area contributed by atoms with Gasteiger partial charge in [0.15, 0.2) is 0 Å². The molecule has 1 heterocycles. The van der Waals surface area contributed by atoms with Crippen LogP contribution in [0.5, 0.6) is 0 Å². The molecule has 1 saturated heterocycles. The third-order valence-electron chi connectivity index (χ3n) is 3.73. The molecule has 1 amide bonds.